The highest BCUT2D eigenvalue weighted by Gasteiger charge is 2.33. The number of ether oxygens (including phenoxy) is 1. The largest absolute Gasteiger partial charge is 0.494 e. The molecule has 7 heteroatoms. The summed E-state index contributed by atoms with van der Waals surface area (Å²) in [6, 6.07) is 4.95. The maximum atomic E-state index is 12.4. The van der Waals surface area contributed by atoms with Crippen LogP contribution in [0.4, 0.5) is 0 Å². The van der Waals surface area contributed by atoms with Gasteiger partial charge in [-0.2, -0.15) is 0 Å². The number of benzene rings is 1. The van der Waals surface area contributed by atoms with Crippen LogP contribution in [0, 0.1) is 5.92 Å². The molecule has 0 bridgehead atoms. The normalized spacial score (nSPS) is 12.6. The van der Waals surface area contributed by atoms with Crippen LogP contribution in [0.3, 0.4) is 0 Å². The molecule has 0 saturated carbocycles. The predicted molar refractivity (Wildman–Crippen MR) is 143 cm³/mol. The first-order chi connectivity index (χ1) is 17.4. The summed E-state index contributed by atoms with van der Waals surface area (Å²) in [4.78, 5) is 35.1. The maximum absolute atomic E-state index is 12.4. The summed E-state index contributed by atoms with van der Waals surface area (Å²) in [7, 11) is 0. The van der Waals surface area contributed by atoms with Crippen molar-refractivity contribution < 1.29 is 29.3 Å². The summed E-state index contributed by atoms with van der Waals surface area (Å²) in [6.07, 6.45) is 18.4. The minimum Gasteiger partial charge on any atom is -0.494 e. The Morgan fingerprint density at radius 3 is 1.61 bits per heavy atom. The average Bonchev–Trinajstić information content (AvgIpc) is 2.86. The number of carbonyl (C=O) groups is 3. The second-order valence-corrected chi connectivity index (χ2v) is 9.61. The second kappa shape index (κ2) is 19.6. The summed E-state index contributed by atoms with van der Waals surface area (Å²) >= 11 is 0. The van der Waals surface area contributed by atoms with E-state index in [0.717, 1.165) is 12.8 Å². The van der Waals surface area contributed by atoms with Gasteiger partial charge in [0.05, 0.1) is 12.5 Å². The van der Waals surface area contributed by atoms with Crippen LogP contribution >= 0.6 is 0 Å². The van der Waals surface area contributed by atoms with E-state index in [4.69, 9.17) is 4.74 Å². The van der Waals surface area contributed by atoms with Crippen LogP contribution in [0.2, 0.25) is 0 Å². The van der Waals surface area contributed by atoms with Crippen molar-refractivity contribution in [2.45, 2.75) is 116 Å². The first-order valence-electron chi connectivity index (χ1n) is 13.9. The molecule has 3 N–H and O–H groups in total. The highest BCUT2D eigenvalue weighted by atomic mass is 16.5. The zero-order valence-corrected chi connectivity index (χ0v) is 22.3. The van der Waals surface area contributed by atoms with Gasteiger partial charge in [-0.15, -0.1) is 0 Å². The molecule has 0 heterocycles. The molecule has 1 aromatic rings. The molecule has 204 valence electrons. The Kier molecular flexibility index (Phi) is 17.1. The van der Waals surface area contributed by atoms with Crippen LogP contribution in [0.15, 0.2) is 24.3 Å². The summed E-state index contributed by atoms with van der Waals surface area (Å²) in [6.45, 7) is 4.44. The molecule has 1 unspecified atom stereocenters. The fourth-order valence-electron chi connectivity index (χ4n) is 4.30. The van der Waals surface area contributed by atoms with Crippen molar-refractivity contribution in [3.63, 3.8) is 0 Å². The Morgan fingerprint density at radius 2 is 1.19 bits per heavy atom. The van der Waals surface area contributed by atoms with Gasteiger partial charge in [-0.1, -0.05) is 97.3 Å². The van der Waals surface area contributed by atoms with Crippen molar-refractivity contribution in [2.75, 3.05) is 6.61 Å². The van der Waals surface area contributed by atoms with E-state index in [2.05, 4.69) is 12.2 Å². The Hall–Kier alpha value is -2.57. The SMILES string of the molecule is CCCCCCCCCCCCCCCCOc1ccc(C(=O)N[C@H](C(=O)O)C(CC)C(=O)O)cc1. The number of carbonyl (C=O) groups excluding carboxylic acids is 1. The topological polar surface area (TPSA) is 113 Å². The average molecular weight is 506 g/mol. The number of rotatable bonds is 22. The zero-order chi connectivity index (χ0) is 26.6. The Morgan fingerprint density at radius 1 is 0.722 bits per heavy atom. The molecule has 36 heavy (non-hydrogen) atoms. The summed E-state index contributed by atoms with van der Waals surface area (Å²) in [5.74, 6) is -3.80. The molecule has 0 radical (unpaired) electrons. The number of unbranched alkanes of at least 4 members (excludes halogenated alkanes) is 13. The van der Waals surface area contributed by atoms with Crippen LogP contribution in [-0.4, -0.2) is 40.7 Å². The molecule has 0 fully saturated rings. The Bertz CT molecular complexity index is 749. The molecule has 0 aromatic heterocycles. The first kappa shape index (κ1) is 31.5. The first-order valence-corrected chi connectivity index (χ1v) is 13.9. The molecule has 1 amide bonds. The highest BCUT2D eigenvalue weighted by Crippen LogP contribution is 2.16. The van der Waals surface area contributed by atoms with Crippen LogP contribution in [0.1, 0.15) is 121 Å². The lowest BCUT2D eigenvalue weighted by Gasteiger charge is -2.20. The standard InChI is InChI=1S/C29H47NO6/c1-3-5-6-7-8-9-10-11-12-13-14-15-16-17-22-36-24-20-18-23(19-21-24)27(31)30-26(29(34)35)25(4-2)28(32)33/h18-21,25-26H,3-17,22H2,1-2H3,(H,30,31)(H,32,33)(H,34,35)/t25?,26-/m0/s1. The van der Waals surface area contributed by atoms with E-state index in [1.807, 2.05) is 0 Å². The van der Waals surface area contributed by atoms with Crippen molar-refractivity contribution in [2.24, 2.45) is 5.92 Å². The highest BCUT2D eigenvalue weighted by molar-refractivity contribution is 5.97. The van der Waals surface area contributed by atoms with Gasteiger partial charge >= 0.3 is 11.9 Å². The van der Waals surface area contributed by atoms with Crippen molar-refractivity contribution in [3.8, 4) is 5.75 Å². The molecule has 7 nitrogen and oxygen atoms in total. The van der Waals surface area contributed by atoms with Crippen LogP contribution in [-0.2, 0) is 9.59 Å². The molecular formula is C29H47NO6. The summed E-state index contributed by atoms with van der Waals surface area (Å²) < 4.78 is 5.75. The van der Waals surface area contributed by atoms with Gasteiger partial charge in [-0.05, 0) is 37.1 Å². The van der Waals surface area contributed by atoms with Gasteiger partial charge in [0, 0.05) is 5.56 Å². The summed E-state index contributed by atoms with van der Waals surface area (Å²) in [5, 5.41) is 20.9. The molecule has 0 aliphatic carbocycles. The van der Waals surface area contributed by atoms with Crippen molar-refractivity contribution in [3.05, 3.63) is 29.8 Å². The second-order valence-electron chi connectivity index (χ2n) is 9.61. The minimum absolute atomic E-state index is 0.0958. The number of nitrogens with one attached hydrogen (secondary N) is 1. The van der Waals surface area contributed by atoms with Crippen molar-refractivity contribution in [1.82, 2.24) is 5.32 Å². The van der Waals surface area contributed by atoms with E-state index < -0.39 is 29.8 Å². The van der Waals surface area contributed by atoms with Crippen LogP contribution in [0.25, 0.3) is 0 Å². The Balaban J connectivity index is 2.17. The van der Waals surface area contributed by atoms with Crippen LogP contribution < -0.4 is 10.1 Å². The van der Waals surface area contributed by atoms with Gasteiger partial charge < -0.3 is 20.3 Å². The molecule has 0 aliphatic heterocycles. The lowest BCUT2D eigenvalue weighted by Crippen LogP contribution is -2.48. The van der Waals surface area contributed by atoms with Gasteiger partial charge in [0.25, 0.3) is 5.91 Å². The lowest BCUT2D eigenvalue weighted by atomic mass is 9.96. The van der Waals surface area contributed by atoms with Gasteiger partial charge in [0.2, 0.25) is 0 Å². The zero-order valence-electron chi connectivity index (χ0n) is 22.3. The van der Waals surface area contributed by atoms with E-state index in [1.54, 1.807) is 31.2 Å². The molecule has 2 atom stereocenters. The monoisotopic (exact) mass is 505 g/mol. The van der Waals surface area contributed by atoms with E-state index in [9.17, 15) is 24.6 Å². The molecule has 0 aliphatic rings. The third-order valence-corrected chi connectivity index (χ3v) is 6.60. The van der Waals surface area contributed by atoms with E-state index in [0.29, 0.717) is 12.4 Å². The molecular weight excluding hydrogens is 458 g/mol. The van der Waals surface area contributed by atoms with Gasteiger partial charge in [-0.3, -0.25) is 9.59 Å². The molecule has 1 aromatic carbocycles. The smallest absolute Gasteiger partial charge is 0.327 e. The molecule has 0 saturated heterocycles. The third kappa shape index (κ3) is 13.5. The minimum atomic E-state index is -1.49. The fourth-order valence-corrected chi connectivity index (χ4v) is 4.30. The fraction of sp³-hybridized carbons (Fsp3) is 0.690. The van der Waals surface area contributed by atoms with Gasteiger partial charge in [0.1, 0.15) is 11.8 Å². The number of hydrogen-bond donors (Lipinski definition) is 3. The molecule has 0 spiro atoms. The number of carboxylic acids is 2. The van der Waals surface area contributed by atoms with Crippen LogP contribution in [0.5, 0.6) is 5.75 Å². The van der Waals surface area contributed by atoms with E-state index in [1.165, 1.54) is 77.0 Å². The Labute approximate surface area is 217 Å². The van der Waals surface area contributed by atoms with E-state index in [-0.39, 0.29) is 12.0 Å². The van der Waals surface area contributed by atoms with Crippen molar-refractivity contribution >= 4 is 17.8 Å². The summed E-state index contributed by atoms with van der Waals surface area (Å²) in [5.41, 5.74) is 0.255. The predicted octanol–water partition coefficient (Wildman–Crippen LogP) is 6.84. The molecule has 1 rings (SSSR count). The van der Waals surface area contributed by atoms with Gasteiger partial charge in [0.15, 0.2) is 0 Å². The number of amides is 1. The number of carboxylic acid groups (broad SMARTS) is 2. The lowest BCUT2D eigenvalue weighted by molar-refractivity contribution is -0.150. The number of hydrogen-bond acceptors (Lipinski definition) is 4. The maximum Gasteiger partial charge on any atom is 0.327 e. The number of aliphatic carboxylic acids is 2. The van der Waals surface area contributed by atoms with Gasteiger partial charge in [-0.25, -0.2) is 4.79 Å². The van der Waals surface area contributed by atoms with Crippen molar-refractivity contribution in [1.29, 1.82) is 0 Å². The van der Waals surface area contributed by atoms with E-state index >= 15 is 0 Å². The quantitative estimate of drug-likeness (QED) is 0.149. The third-order valence-electron chi connectivity index (χ3n) is 6.60.